The third-order valence-corrected chi connectivity index (χ3v) is 5.72. The van der Waals surface area contributed by atoms with E-state index >= 15 is 0 Å². The van der Waals surface area contributed by atoms with E-state index in [4.69, 9.17) is 14.2 Å². The van der Waals surface area contributed by atoms with Crippen molar-refractivity contribution in [2.75, 3.05) is 19.5 Å². The monoisotopic (exact) mass is 523 g/mol. The fraction of sp³-hybridized carbons (Fsp3) is 0.0690. The van der Waals surface area contributed by atoms with Gasteiger partial charge in [-0.25, -0.2) is 4.79 Å². The van der Waals surface area contributed by atoms with Crippen LogP contribution in [0.25, 0.3) is 16.8 Å². The number of benzene rings is 4. The van der Waals surface area contributed by atoms with Gasteiger partial charge in [0.15, 0.2) is 11.5 Å². The van der Waals surface area contributed by atoms with Crippen molar-refractivity contribution in [1.29, 1.82) is 5.26 Å². The molecule has 4 rings (SSSR count). The maximum atomic E-state index is 13.1. The summed E-state index contributed by atoms with van der Waals surface area (Å²) in [5, 5.41) is 24.8. The number of hydrogen-bond acceptors (Lipinski definition) is 8. The van der Waals surface area contributed by atoms with Crippen LogP contribution in [0.4, 0.5) is 11.4 Å². The standard InChI is InChI=1S/C29H21N3O7/c1-37-25-13-11-21(32(35)36)16-24(25)31-28(33)20(17-30)14-18-10-12-26(38-2)27(15-18)39-29(34)23-9-5-7-19-6-3-4-8-22(19)23/h3-16H,1-2H3,(H,31,33)/b20-14+. The number of ether oxygens (including phenoxy) is 3. The average Bonchev–Trinajstić information content (AvgIpc) is 2.95. The van der Waals surface area contributed by atoms with Crippen LogP contribution in [0.2, 0.25) is 0 Å². The topological polar surface area (TPSA) is 141 Å². The molecule has 0 unspecified atom stereocenters. The molecule has 0 aliphatic rings. The molecule has 39 heavy (non-hydrogen) atoms. The number of anilines is 1. The second-order valence-electron chi connectivity index (χ2n) is 8.09. The van der Waals surface area contributed by atoms with Crippen LogP contribution >= 0.6 is 0 Å². The molecule has 10 heteroatoms. The van der Waals surface area contributed by atoms with E-state index in [9.17, 15) is 25.0 Å². The van der Waals surface area contributed by atoms with Crippen molar-refractivity contribution >= 4 is 40.1 Å². The summed E-state index contributed by atoms with van der Waals surface area (Å²) in [5.74, 6) is -0.894. The van der Waals surface area contributed by atoms with E-state index in [1.165, 1.54) is 44.6 Å². The molecular weight excluding hydrogens is 502 g/mol. The van der Waals surface area contributed by atoms with Gasteiger partial charge in [-0.3, -0.25) is 14.9 Å². The fourth-order valence-corrected chi connectivity index (χ4v) is 3.83. The van der Waals surface area contributed by atoms with Crippen molar-refractivity contribution in [3.63, 3.8) is 0 Å². The molecule has 1 N–H and O–H groups in total. The molecule has 0 bridgehead atoms. The summed E-state index contributed by atoms with van der Waals surface area (Å²) < 4.78 is 16.1. The minimum Gasteiger partial charge on any atom is -0.495 e. The summed E-state index contributed by atoms with van der Waals surface area (Å²) in [6.45, 7) is 0. The summed E-state index contributed by atoms with van der Waals surface area (Å²) in [6, 6.07) is 22.8. The van der Waals surface area contributed by atoms with Gasteiger partial charge in [-0.2, -0.15) is 5.26 Å². The molecular formula is C29H21N3O7. The Balaban J connectivity index is 1.62. The Morgan fingerprint density at radius 1 is 0.923 bits per heavy atom. The molecule has 194 valence electrons. The summed E-state index contributed by atoms with van der Waals surface area (Å²) in [6.07, 6.45) is 1.29. The van der Waals surface area contributed by atoms with Crippen LogP contribution in [-0.4, -0.2) is 31.0 Å². The van der Waals surface area contributed by atoms with Gasteiger partial charge in [-0.05, 0) is 46.7 Å². The molecule has 0 saturated heterocycles. The van der Waals surface area contributed by atoms with E-state index in [-0.39, 0.29) is 34.2 Å². The second kappa shape index (κ2) is 11.6. The summed E-state index contributed by atoms with van der Waals surface area (Å²) in [5.41, 5.74) is 0.187. The first kappa shape index (κ1) is 26.4. The Morgan fingerprint density at radius 2 is 1.64 bits per heavy atom. The van der Waals surface area contributed by atoms with Crippen molar-refractivity contribution < 1.29 is 28.7 Å². The largest absolute Gasteiger partial charge is 0.495 e. The van der Waals surface area contributed by atoms with Crippen molar-refractivity contribution in [1.82, 2.24) is 0 Å². The Kier molecular flexibility index (Phi) is 7.83. The zero-order valence-corrected chi connectivity index (χ0v) is 20.8. The third kappa shape index (κ3) is 5.84. The zero-order valence-electron chi connectivity index (χ0n) is 20.8. The van der Waals surface area contributed by atoms with Crippen molar-refractivity contribution in [3.05, 3.63) is 106 Å². The third-order valence-electron chi connectivity index (χ3n) is 5.72. The Labute approximate surface area is 222 Å². The number of amides is 1. The highest BCUT2D eigenvalue weighted by molar-refractivity contribution is 6.10. The number of nitriles is 1. The lowest BCUT2D eigenvalue weighted by Gasteiger charge is -2.12. The van der Waals surface area contributed by atoms with Crippen LogP contribution in [-0.2, 0) is 4.79 Å². The molecule has 4 aromatic rings. The van der Waals surface area contributed by atoms with Crippen LogP contribution in [0.15, 0.2) is 84.4 Å². The molecule has 0 aromatic heterocycles. The number of nitro groups is 1. The zero-order chi connectivity index (χ0) is 27.9. The van der Waals surface area contributed by atoms with Gasteiger partial charge in [-0.1, -0.05) is 42.5 Å². The molecule has 4 aromatic carbocycles. The number of rotatable bonds is 8. The number of fused-ring (bicyclic) bond motifs is 1. The number of esters is 1. The number of nitrogens with one attached hydrogen (secondary N) is 1. The number of nitrogens with zero attached hydrogens (tertiary/aromatic N) is 2. The number of nitro benzene ring substituents is 1. The number of carbonyl (C=O) groups excluding carboxylic acids is 2. The van der Waals surface area contributed by atoms with Crippen LogP contribution in [0.3, 0.4) is 0 Å². The van der Waals surface area contributed by atoms with E-state index in [0.717, 1.165) is 16.8 Å². The predicted molar refractivity (Wildman–Crippen MR) is 144 cm³/mol. The van der Waals surface area contributed by atoms with Crippen LogP contribution in [0.5, 0.6) is 17.2 Å². The van der Waals surface area contributed by atoms with Crippen molar-refractivity contribution in [2.24, 2.45) is 0 Å². The molecule has 0 atom stereocenters. The first-order chi connectivity index (χ1) is 18.8. The van der Waals surface area contributed by atoms with Gasteiger partial charge in [-0.15, -0.1) is 0 Å². The lowest BCUT2D eigenvalue weighted by molar-refractivity contribution is -0.384. The molecule has 10 nitrogen and oxygen atoms in total. The van der Waals surface area contributed by atoms with Gasteiger partial charge < -0.3 is 19.5 Å². The van der Waals surface area contributed by atoms with Crippen LogP contribution in [0, 0.1) is 21.4 Å². The van der Waals surface area contributed by atoms with Gasteiger partial charge in [0.05, 0.1) is 30.4 Å². The number of hydrogen-bond donors (Lipinski definition) is 1. The highest BCUT2D eigenvalue weighted by atomic mass is 16.6. The van der Waals surface area contributed by atoms with E-state index in [0.29, 0.717) is 11.1 Å². The molecule has 1 amide bonds. The maximum Gasteiger partial charge on any atom is 0.344 e. The van der Waals surface area contributed by atoms with Gasteiger partial charge in [0.2, 0.25) is 0 Å². The lowest BCUT2D eigenvalue weighted by Crippen LogP contribution is -2.14. The van der Waals surface area contributed by atoms with Crippen molar-refractivity contribution in [2.45, 2.75) is 0 Å². The molecule has 0 saturated carbocycles. The predicted octanol–water partition coefficient (Wildman–Crippen LogP) is 5.53. The van der Waals surface area contributed by atoms with Gasteiger partial charge >= 0.3 is 5.97 Å². The Hall–Kier alpha value is -5.69. The van der Waals surface area contributed by atoms with E-state index < -0.39 is 16.8 Å². The molecule has 0 fully saturated rings. The van der Waals surface area contributed by atoms with Crippen molar-refractivity contribution in [3.8, 4) is 23.3 Å². The van der Waals surface area contributed by atoms with Gasteiger partial charge in [0.1, 0.15) is 17.4 Å². The smallest absolute Gasteiger partial charge is 0.344 e. The first-order valence-corrected chi connectivity index (χ1v) is 11.5. The highest BCUT2D eigenvalue weighted by Crippen LogP contribution is 2.32. The first-order valence-electron chi connectivity index (χ1n) is 11.5. The quantitative estimate of drug-likeness (QED) is 0.0794. The Bertz CT molecular complexity index is 1670. The van der Waals surface area contributed by atoms with E-state index in [1.807, 2.05) is 36.4 Å². The number of non-ortho nitro benzene ring substituents is 1. The molecule has 0 radical (unpaired) electrons. The van der Waals surface area contributed by atoms with E-state index in [1.54, 1.807) is 18.2 Å². The number of methoxy groups -OCH3 is 2. The molecule has 0 spiro atoms. The maximum absolute atomic E-state index is 13.1. The summed E-state index contributed by atoms with van der Waals surface area (Å²) >= 11 is 0. The average molecular weight is 524 g/mol. The van der Waals surface area contributed by atoms with Crippen LogP contribution < -0.4 is 19.5 Å². The van der Waals surface area contributed by atoms with Gasteiger partial charge in [0.25, 0.3) is 11.6 Å². The minimum absolute atomic E-state index is 0.0253. The molecule has 0 aliphatic carbocycles. The fourth-order valence-electron chi connectivity index (χ4n) is 3.83. The van der Waals surface area contributed by atoms with E-state index in [2.05, 4.69) is 5.32 Å². The normalized spacial score (nSPS) is 10.8. The Morgan fingerprint density at radius 3 is 2.36 bits per heavy atom. The summed E-state index contributed by atoms with van der Waals surface area (Å²) in [4.78, 5) is 36.4. The SMILES string of the molecule is COc1ccc([N+](=O)[O-])cc1NC(=O)/C(C#N)=C/c1ccc(OC)c(OC(=O)c2cccc3ccccc23)c1. The lowest BCUT2D eigenvalue weighted by atomic mass is 10.0. The van der Waals surface area contributed by atoms with Crippen LogP contribution in [0.1, 0.15) is 15.9 Å². The minimum atomic E-state index is -0.818. The number of carbonyl (C=O) groups is 2. The molecule has 0 aliphatic heterocycles. The summed E-state index contributed by atoms with van der Waals surface area (Å²) in [7, 11) is 2.76. The molecule has 0 heterocycles. The highest BCUT2D eigenvalue weighted by Gasteiger charge is 2.18. The van der Waals surface area contributed by atoms with Gasteiger partial charge in [0, 0.05) is 12.1 Å². The second-order valence-corrected chi connectivity index (χ2v) is 8.09.